The van der Waals surface area contributed by atoms with Crippen LogP contribution in [-0.4, -0.2) is 27.3 Å². The van der Waals surface area contributed by atoms with Crippen LogP contribution in [0.25, 0.3) is 5.70 Å². The Bertz CT molecular complexity index is 939. The van der Waals surface area contributed by atoms with Gasteiger partial charge in [0.1, 0.15) is 17.3 Å². The third kappa shape index (κ3) is 8.24. The second-order valence-corrected chi connectivity index (χ2v) is 8.47. The summed E-state index contributed by atoms with van der Waals surface area (Å²) in [5, 5.41) is 6.21. The zero-order valence-corrected chi connectivity index (χ0v) is 20.2. The standard InChI is InChI=1S/C16H25NO2.C10H9F4N/c1-12-4-7-14(8-5-12)17-11-13-6-9-15(18-2)10-16(13)19-3;1-6(15-2)7-3-8(10(12,13)14)5-9(11)4-7/h6,9-10,12,14,17H,4-5,7-8,11H2,1-3H3;3-5,15H,1H2,2H3. The molecule has 0 aromatic heterocycles. The summed E-state index contributed by atoms with van der Waals surface area (Å²) in [6.07, 6.45) is 0.721. The summed E-state index contributed by atoms with van der Waals surface area (Å²) in [6, 6.07) is 8.96. The van der Waals surface area contributed by atoms with Crippen LogP contribution in [-0.2, 0) is 12.7 Å². The van der Waals surface area contributed by atoms with Gasteiger partial charge in [-0.2, -0.15) is 13.2 Å². The molecule has 0 heterocycles. The monoisotopic (exact) mass is 482 g/mol. The summed E-state index contributed by atoms with van der Waals surface area (Å²) in [5.74, 6) is 1.70. The molecule has 1 aliphatic carbocycles. The molecule has 0 atom stereocenters. The Kier molecular flexibility index (Phi) is 10.2. The predicted octanol–water partition coefficient (Wildman–Crippen LogP) is 6.41. The van der Waals surface area contributed by atoms with E-state index in [4.69, 9.17) is 9.47 Å². The lowest BCUT2D eigenvalue weighted by Gasteiger charge is -2.27. The van der Waals surface area contributed by atoms with E-state index in [2.05, 4.69) is 30.2 Å². The highest BCUT2D eigenvalue weighted by molar-refractivity contribution is 5.62. The van der Waals surface area contributed by atoms with Crippen LogP contribution in [0.4, 0.5) is 17.6 Å². The quantitative estimate of drug-likeness (QED) is 0.448. The van der Waals surface area contributed by atoms with Crippen molar-refractivity contribution in [1.29, 1.82) is 0 Å². The molecule has 188 valence electrons. The maximum Gasteiger partial charge on any atom is 0.416 e. The lowest BCUT2D eigenvalue weighted by molar-refractivity contribution is -0.137. The first-order valence-corrected chi connectivity index (χ1v) is 11.3. The number of hydrogen-bond acceptors (Lipinski definition) is 4. The van der Waals surface area contributed by atoms with Gasteiger partial charge in [-0.05, 0) is 55.9 Å². The maximum absolute atomic E-state index is 12.9. The summed E-state index contributed by atoms with van der Waals surface area (Å²) >= 11 is 0. The Morgan fingerprint density at radius 3 is 2.26 bits per heavy atom. The molecule has 2 aromatic carbocycles. The van der Waals surface area contributed by atoms with Gasteiger partial charge in [-0.25, -0.2) is 4.39 Å². The molecule has 1 saturated carbocycles. The normalized spacial score (nSPS) is 17.9. The summed E-state index contributed by atoms with van der Waals surface area (Å²) in [4.78, 5) is 0. The minimum absolute atomic E-state index is 0.0878. The molecule has 1 fully saturated rings. The molecule has 0 amide bonds. The van der Waals surface area contributed by atoms with Crippen LogP contribution in [0.2, 0.25) is 0 Å². The molecule has 0 saturated heterocycles. The van der Waals surface area contributed by atoms with E-state index in [0.29, 0.717) is 12.1 Å². The Hall–Kier alpha value is -2.74. The van der Waals surface area contributed by atoms with E-state index >= 15 is 0 Å². The van der Waals surface area contributed by atoms with E-state index in [1.807, 2.05) is 12.1 Å². The maximum atomic E-state index is 12.9. The lowest BCUT2D eigenvalue weighted by atomic mass is 9.87. The number of methoxy groups -OCH3 is 2. The first-order valence-electron chi connectivity index (χ1n) is 11.3. The summed E-state index contributed by atoms with van der Waals surface area (Å²) < 4.78 is 60.4. The Labute approximate surface area is 199 Å². The first kappa shape index (κ1) is 27.5. The zero-order valence-electron chi connectivity index (χ0n) is 20.2. The molecule has 3 rings (SSSR count). The van der Waals surface area contributed by atoms with Crippen molar-refractivity contribution in [3.8, 4) is 11.5 Å². The topological polar surface area (TPSA) is 42.5 Å². The molecular weight excluding hydrogens is 448 g/mol. The van der Waals surface area contributed by atoms with Crippen LogP contribution in [0.15, 0.2) is 43.0 Å². The van der Waals surface area contributed by atoms with Crippen LogP contribution < -0.4 is 20.1 Å². The van der Waals surface area contributed by atoms with Gasteiger partial charge in [-0.1, -0.05) is 19.6 Å². The van der Waals surface area contributed by atoms with E-state index < -0.39 is 17.6 Å². The first-order chi connectivity index (χ1) is 16.1. The summed E-state index contributed by atoms with van der Waals surface area (Å²) in [7, 11) is 4.89. The fourth-order valence-electron chi connectivity index (χ4n) is 3.79. The van der Waals surface area contributed by atoms with Crippen molar-refractivity contribution in [3.63, 3.8) is 0 Å². The van der Waals surface area contributed by atoms with Gasteiger partial charge < -0.3 is 20.1 Å². The number of rotatable bonds is 7. The van der Waals surface area contributed by atoms with E-state index in [9.17, 15) is 17.6 Å². The number of ether oxygens (including phenoxy) is 2. The smallest absolute Gasteiger partial charge is 0.416 e. The number of benzene rings is 2. The lowest BCUT2D eigenvalue weighted by Crippen LogP contribution is -2.32. The predicted molar refractivity (Wildman–Crippen MR) is 127 cm³/mol. The van der Waals surface area contributed by atoms with E-state index in [1.54, 1.807) is 14.2 Å². The molecule has 4 nitrogen and oxygen atoms in total. The van der Waals surface area contributed by atoms with Crippen molar-refractivity contribution >= 4 is 5.70 Å². The van der Waals surface area contributed by atoms with Gasteiger partial charge in [0.2, 0.25) is 0 Å². The molecular formula is C26H34F4N2O2. The second-order valence-electron chi connectivity index (χ2n) is 8.47. The SMILES string of the molecule is C=C(NC)c1cc(F)cc(C(F)(F)F)c1.COc1ccc(CNC2CCC(C)CC2)c(OC)c1. The third-order valence-electron chi connectivity index (χ3n) is 5.97. The van der Waals surface area contributed by atoms with E-state index in [-0.39, 0.29) is 11.3 Å². The molecule has 0 bridgehead atoms. The van der Waals surface area contributed by atoms with Gasteiger partial charge in [-0.3, -0.25) is 0 Å². The van der Waals surface area contributed by atoms with Crippen molar-refractivity contribution in [3.05, 3.63) is 65.5 Å². The Morgan fingerprint density at radius 1 is 1.03 bits per heavy atom. The van der Waals surface area contributed by atoms with Crippen LogP contribution in [0, 0.1) is 11.7 Å². The number of hydrogen-bond donors (Lipinski definition) is 2. The molecule has 2 N–H and O–H groups in total. The number of halogens is 4. The van der Waals surface area contributed by atoms with E-state index in [1.165, 1.54) is 38.3 Å². The largest absolute Gasteiger partial charge is 0.497 e. The van der Waals surface area contributed by atoms with Gasteiger partial charge in [-0.15, -0.1) is 0 Å². The molecule has 0 aliphatic heterocycles. The second kappa shape index (κ2) is 12.6. The van der Waals surface area contributed by atoms with Crippen molar-refractivity contribution in [2.24, 2.45) is 5.92 Å². The number of nitrogens with one attached hydrogen (secondary N) is 2. The highest BCUT2D eigenvalue weighted by atomic mass is 19.4. The molecule has 0 unspecified atom stereocenters. The third-order valence-corrected chi connectivity index (χ3v) is 5.97. The molecule has 2 aromatic rings. The fourth-order valence-corrected chi connectivity index (χ4v) is 3.79. The minimum atomic E-state index is -4.55. The average molecular weight is 483 g/mol. The highest BCUT2D eigenvalue weighted by Gasteiger charge is 2.31. The average Bonchev–Trinajstić information content (AvgIpc) is 2.82. The molecule has 1 aliphatic rings. The zero-order chi connectivity index (χ0) is 25.3. The number of alkyl halides is 3. The molecule has 8 heteroatoms. The summed E-state index contributed by atoms with van der Waals surface area (Å²) in [5.41, 5.74) is 0.501. The van der Waals surface area contributed by atoms with Crippen molar-refractivity contribution in [1.82, 2.24) is 10.6 Å². The van der Waals surface area contributed by atoms with Gasteiger partial charge >= 0.3 is 6.18 Å². The Morgan fingerprint density at radius 2 is 1.71 bits per heavy atom. The molecule has 0 radical (unpaired) electrons. The summed E-state index contributed by atoms with van der Waals surface area (Å²) in [6.45, 7) is 6.68. The van der Waals surface area contributed by atoms with Crippen LogP contribution in [0.5, 0.6) is 11.5 Å². The van der Waals surface area contributed by atoms with Gasteiger partial charge in [0, 0.05) is 42.5 Å². The Balaban J connectivity index is 0.000000248. The van der Waals surface area contributed by atoms with E-state index in [0.717, 1.165) is 36.1 Å². The highest BCUT2D eigenvalue weighted by Crippen LogP contribution is 2.31. The van der Waals surface area contributed by atoms with Crippen molar-refractivity contribution in [2.45, 2.75) is 51.4 Å². The van der Waals surface area contributed by atoms with Gasteiger partial charge in [0.25, 0.3) is 0 Å². The molecule has 0 spiro atoms. The van der Waals surface area contributed by atoms with Crippen LogP contribution >= 0.6 is 0 Å². The van der Waals surface area contributed by atoms with Crippen molar-refractivity contribution in [2.75, 3.05) is 21.3 Å². The van der Waals surface area contributed by atoms with Crippen molar-refractivity contribution < 1.29 is 27.0 Å². The van der Waals surface area contributed by atoms with Crippen LogP contribution in [0.1, 0.15) is 49.3 Å². The van der Waals surface area contributed by atoms with Gasteiger partial charge in [0.15, 0.2) is 0 Å². The minimum Gasteiger partial charge on any atom is -0.497 e. The van der Waals surface area contributed by atoms with Gasteiger partial charge in [0.05, 0.1) is 19.8 Å². The van der Waals surface area contributed by atoms with Crippen LogP contribution in [0.3, 0.4) is 0 Å². The fraction of sp³-hybridized carbons (Fsp3) is 0.462. The molecule has 34 heavy (non-hydrogen) atoms.